The van der Waals surface area contributed by atoms with Crippen LogP contribution in [0.3, 0.4) is 0 Å². The summed E-state index contributed by atoms with van der Waals surface area (Å²) in [5.74, 6) is -0.164. The Morgan fingerprint density at radius 3 is 2.76 bits per heavy atom. The zero-order valence-corrected chi connectivity index (χ0v) is 18.0. The fourth-order valence-corrected chi connectivity index (χ4v) is 3.79. The summed E-state index contributed by atoms with van der Waals surface area (Å²) in [6, 6.07) is 1.77. The number of amides is 2. The second-order valence-electron chi connectivity index (χ2n) is 7.33. The molecule has 0 aromatic carbocycles. The van der Waals surface area contributed by atoms with Crippen LogP contribution in [0, 0.1) is 13.8 Å². The van der Waals surface area contributed by atoms with E-state index in [4.69, 9.17) is 5.73 Å². The van der Waals surface area contributed by atoms with Gasteiger partial charge in [-0.1, -0.05) is 0 Å². The number of halogens is 1. The monoisotopic (exact) mass is 423 g/mol. The van der Waals surface area contributed by atoms with Gasteiger partial charge in [-0.3, -0.25) is 19.4 Å². The highest BCUT2D eigenvalue weighted by Gasteiger charge is 2.29. The third-order valence-electron chi connectivity index (χ3n) is 5.37. The van der Waals surface area contributed by atoms with Crippen LogP contribution in [0.2, 0.25) is 0 Å². The van der Waals surface area contributed by atoms with E-state index in [1.165, 1.54) is 0 Å². The molecule has 0 aliphatic carbocycles. The van der Waals surface area contributed by atoms with Crippen LogP contribution in [0.25, 0.3) is 11.3 Å². The molecule has 10 heteroatoms. The lowest BCUT2D eigenvalue weighted by molar-refractivity contribution is -0.121. The first-order chi connectivity index (χ1) is 13.4. The van der Waals surface area contributed by atoms with Crippen LogP contribution < -0.4 is 11.1 Å². The number of hydrogen-bond donors (Lipinski definition) is 3. The minimum absolute atomic E-state index is 0. The molecular formula is C19H30ClN7O2. The van der Waals surface area contributed by atoms with Crippen molar-refractivity contribution in [3.63, 3.8) is 0 Å². The third kappa shape index (κ3) is 4.97. The van der Waals surface area contributed by atoms with Crippen molar-refractivity contribution in [2.24, 2.45) is 12.8 Å². The van der Waals surface area contributed by atoms with Gasteiger partial charge in [0, 0.05) is 50.4 Å². The minimum Gasteiger partial charge on any atom is -0.354 e. The highest BCUT2D eigenvalue weighted by molar-refractivity contribution is 5.94. The predicted molar refractivity (Wildman–Crippen MR) is 113 cm³/mol. The van der Waals surface area contributed by atoms with E-state index in [-0.39, 0.29) is 30.3 Å². The fraction of sp³-hybridized carbons (Fsp3) is 0.579. The summed E-state index contributed by atoms with van der Waals surface area (Å²) in [5.41, 5.74) is 9.42. The number of aryl methyl sites for hydroxylation is 2. The van der Waals surface area contributed by atoms with Crippen molar-refractivity contribution < 1.29 is 9.59 Å². The largest absolute Gasteiger partial charge is 0.354 e. The first-order valence-electron chi connectivity index (χ1n) is 9.76. The molecule has 1 aliphatic heterocycles. The quantitative estimate of drug-likeness (QED) is 0.646. The van der Waals surface area contributed by atoms with Gasteiger partial charge in [-0.15, -0.1) is 12.4 Å². The van der Waals surface area contributed by atoms with E-state index >= 15 is 0 Å². The standard InChI is InChI=1S/C19H29N7O2.ClH/c1-12-18(13(2)25(3)24-12)15-10-16(23-22-15)19(28)26-9-5-4-6-14(26)11-21-17(27)7-8-20;/h10,14H,4-9,11,20H2,1-3H3,(H,21,27)(H,22,23);1H. The summed E-state index contributed by atoms with van der Waals surface area (Å²) in [6.07, 6.45) is 3.18. The van der Waals surface area contributed by atoms with Crippen LogP contribution in [-0.2, 0) is 11.8 Å². The number of nitrogens with two attached hydrogens (primary N) is 1. The van der Waals surface area contributed by atoms with E-state index in [2.05, 4.69) is 20.6 Å². The molecule has 2 aromatic heterocycles. The van der Waals surface area contributed by atoms with Crippen LogP contribution in [0.1, 0.15) is 47.6 Å². The molecule has 1 atom stereocenters. The number of carbonyl (C=O) groups is 2. The number of aromatic amines is 1. The zero-order valence-electron chi connectivity index (χ0n) is 17.2. The second-order valence-corrected chi connectivity index (χ2v) is 7.33. The highest BCUT2D eigenvalue weighted by Crippen LogP contribution is 2.26. The molecule has 0 spiro atoms. The average molecular weight is 424 g/mol. The number of rotatable bonds is 6. The van der Waals surface area contributed by atoms with E-state index in [0.29, 0.717) is 31.7 Å². The summed E-state index contributed by atoms with van der Waals surface area (Å²) in [7, 11) is 1.89. The van der Waals surface area contributed by atoms with Crippen molar-refractivity contribution in [3.8, 4) is 11.3 Å². The van der Waals surface area contributed by atoms with Gasteiger partial charge in [-0.25, -0.2) is 0 Å². The first-order valence-corrected chi connectivity index (χ1v) is 9.76. The molecule has 2 aromatic rings. The molecule has 0 radical (unpaired) electrons. The number of H-pyrrole nitrogens is 1. The summed E-state index contributed by atoms with van der Waals surface area (Å²) in [5, 5.41) is 14.5. The van der Waals surface area contributed by atoms with Crippen LogP contribution in [0.5, 0.6) is 0 Å². The maximum absolute atomic E-state index is 13.1. The van der Waals surface area contributed by atoms with Crippen molar-refractivity contribution in [2.45, 2.75) is 45.6 Å². The Hall–Kier alpha value is -2.39. The molecule has 4 N–H and O–H groups in total. The van der Waals surface area contributed by atoms with Gasteiger partial charge in [0.05, 0.1) is 11.4 Å². The van der Waals surface area contributed by atoms with Gasteiger partial charge in [-0.2, -0.15) is 10.2 Å². The minimum atomic E-state index is -0.0873. The topological polar surface area (TPSA) is 122 Å². The van der Waals surface area contributed by atoms with E-state index in [9.17, 15) is 9.59 Å². The molecule has 1 fully saturated rings. The Morgan fingerprint density at radius 2 is 2.10 bits per heavy atom. The van der Waals surface area contributed by atoms with Crippen LogP contribution in [-0.4, -0.2) is 62.4 Å². The van der Waals surface area contributed by atoms with Crippen molar-refractivity contribution in [1.29, 1.82) is 0 Å². The first kappa shape index (κ1) is 22.9. The van der Waals surface area contributed by atoms with Gasteiger partial charge >= 0.3 is 0 Å². The summed E-state index contributed by atoms with van der Waals surface area (Å²) in [6.45, 7) is 5.37. The van der Waals surface area contributed by atoms with Crippen molar-refractivity contribution >= 4 is 24.2 Å². The maximum atomic E-state index is 13.1. The number of nitrogens with one attached hydrogen (secondary N) is 2. The SMILES string of the molecule is Cc1nn(C)c(C)c1-c1cc(C(=O)N2CCCCC2CNC(=O)CCN)[nH]n1.Cl. The van der Waals surface area contributed by atoms with Crippen LogP contribution in [0.15, 0.2) is 6.07 Å². The zero-order chi connectivity index (χ0) is 20.3. The summed E-state index contributed by atoms with van der Waals surface area (Å²) < 4.78 is 1.81. The molecule has 3 rings (SSSR count). The number of aromatic nitrogens is 4. The van der Waals surface area contributed by atoms with Gasteiger partial charge < -0.3 is 16.0 Å². The van der Waals surface area contributed by atoms with Gasteiger partial charge in [0.1, 0.15) is 5.69 Å². The Balaban J connectivity index is 0.00000300. The molecular weight excluding hydrogens is 394 g/mol. The molecule has 29 heavy (non-hydrogen) atoms. The fourth-order valence-electron chi connectivity index (χ4n) is 3.79. The lowest BCUT2D eigenvalue weighted by Gasteiger charge is -2.35. The van der Waals surface area contributed by atoms with E-state index in [1.54, 1.807) is 6.07 Å². The molecule has 160 valence electrons. The smallest absolute Gasteiger partial charge is 0.272 e. The second kappa shape index (κ2) is 9.89. The third-order valence-corrected chi connectivity index (χ3v) is 5.37. The molecule has 1 aliphatic rings. The Morgan fingerprint density at radius 1 is 1.34 bits per heavy atom. The van der Waals surface area contributed by atoms with Crippen molar-refractivity contribution in [1.82, 2.24) is 30.2 Å². The van der Waals surface area contributed by atoms with Crippen molar-refractivity contribution in [2.75, 3.05) is 19.6 Å². The molecule has 9 nitrogen and oxygen atoms in total. The Bertz CT molecular complexity index is 861. The molecule has 1 saturated heterocycles. The maximum Gasteiger partial charge on any atom is 0.272 e. The molecule has 0 saturated carbocycles. The summed E-state index contributed by atoms with van der Waals surface area (Å²) >= 11 is 0. The number of nitrogens with zero attached hydrogens (tertiary/aromatic N) is 4. The lowest BCUT2D eigenvalue weighted by atomic mass is 10.0. The number of piperidine rings is 1. The highest BCUT2D eigenvalue weighted by atomic mass is 35.5. The Kier molecular flexibility index (Phi) is 7.80. The lowest BCUT2D eigenvalue weighted by Crippen LogP contribution is -2.49. The van der Waals surface area contributed by atoms with Crippen molar-refractivity contribution in [3.05, 3.63) is 23.1 Å². The average Bonchev–Trinajstić information content (AvgIpc) is 3.24. The number of carbonyl (C=O) groups excluding carboxylic acids is 2. The van der Waals surface area contributed by atoms with Crippen LogP contribution in [0.4, 0.5) is 0 Å². The molecule has 2 amide bonds. The molecule has 0 bridgehead atoms. The van der Waals surface area contributed by atoms with Gasteiger partial charge in [0.15, 0.2) is 0 Å². The van der Waals surface area contributed by atoms with Gasteiger partial charge in [0.2, 0.25) is 5.91 Å². The normalized spacial score (nSPS) is 16.4. The Labute approximate surface area is 176 Å². The predicted octanol–water partition coefficient (Wildman–Crippen LogP) is 1.31. The summed E-state index contributed by atoms with van der Waals surface area (Å²) in [4.78, 5) is 26.7. The molecule has 3 heterocycles. The number of likely N-dealkylation sites (tertiary alicyclic amines) is 1. The van der Waals surface area contributed by atoms with E-state index in [0.717, 1.165) is 41.9 Å². The van der Waals surface area contributed by atoms with E-state index < -0.39 is 0 Å². The van der Waals surface area contributed by atoms with Gasteiger partial charge in [-0.05, 0) is 39.2 Å². The van der Waals surface area contributed by atoms with E-state index in [1.807, 2.05) is 30.5 Å². The van der Waals surface area contributed by atoms with Crippen LogP contribution >= 0.6 is 12.4 Å². The number of hydrogen-bond acceptors (Lipinski definition) is 5. The van der Waals surface area contributed by atoms with Gasteiger partial charge in [0.25, 0.3) is 5.91 Å². The molecule has 1 unspecified atom stereocenters.